The Morgan fingerprint density at radius 2 is 1.96 bits per heavy atom. The number of aromatic amines is 1. The summed E-state index contributed by atoms with van der Waals surface area (Å²) in [6, 6.07) is 6.38. The molecule has 122 valence electrons. The van der Waals surface area contributed by atoms with Crippen LogP contribution in [0.15, 0.2) is 24.3 Å². The molecule has 0 saturated heterocycles. The van der Waals surface area contributed by atoms with E-state index in [1.54, 1.807) is 18.2 Å². The van der Waals surface area contributed by atoms with E-state index in [0.29, 0.717) is 5.92 Å². The van der Waals surface area contributed by atoms with Crippen molar-refractivity contribution in [2.24, 2.45) is 5.92 Å². The first-order valence-electron chi connectivity index (χ1n) is 7.86. The summed E-state index contributed by atoms with van der Waals surface area (Å²) in [6.45, 7) is 2.23. The molecule has 0 aliphatic heterocycles. The number of H-pyrrole nitrogens is 1. The van der Waals surface area contributed by atoms with Gasteiger partial charge in [0.1, 0.15) is 5.82 Å². The number of para-hydroxylation sites is 1. The third-order valence-corrected chi connectivity index (χ3v) is 4.24. The summed E-state index contributed by atoms with van der Waals surface area (Å²) in [5, 5.41) is 16.0. The monoisotopic (exact) mass is 317 g/mol. The molecule has 1 aliphatic carbocycles. The van der Waals surface area contributed by atoms with Crippen molar-refractivity contribution in [2.45, 2.75) is 38.6 Å². The Labute approximate surface area is 133 Å². The van der Waals surface area contributed by atoms with Crippen LogP contribution in [0.3, 0.4) is 0 Å². The lowest BCUT2D eigenvalue weighted by molar-refractivity contribution is 0.0918. The largest absolute Gasteiger partial charge is 0.348 e. The zero-order valence-corrected chi connectivity index (χ0v) is 13.0. The highest BCUT2D eigenvalue weighted by Crippen LogP contribution is 2.24. The minimum Gasteiger partial charge on any atom is -0.348 e. The lowest BCUT2D eigenvalue weighted by Gasteiger charge is -2.26. The number of hydrogen-bond donors (Lipinski definition) is 3. The van der Waals surface area contributed by atoms with E-state index in [9.17, 15) is 9.18 Å². The molecular weight excluding hydrogens is 297 g/mol. The second-order valence-corrected chi connectivity index (χ2v) is 6.06. The van der Waals surface area contributed by atoms with Crippen molar-refractivity contribution in [1.82, 2.24) is 20.7 Å². The number of nitrogens with zero attached hydrogens (tertiary/aromatic N) is 2. The van der Waals surface area contributed by atoms with Crippen LogP contribution in [0.25, 0.3) is 0 Å². The van der Waals surface area contributed by atoms with E-state index in [0.717, 1.165) is 25.7 Å². The minimum atomic E-state index is -0.414. The summed E-state index contributed by atoms with van der Waals surface area (Å²) in [7, 11) is 0. The second kappa shape index (κ2) is 6.76. The molecule has 0 bridgehead atoms. The number of rotatable bonds is 4. The van der Waals surface area contributed by atoms with E-state index in [4.69, 9.17) is 0 Å². The molecule has 6 nitrogen and oxygen atoms in total. The maximum absolute atomic E-state index is 13.7. The predicted molar refractivity (Wildman–Crippen MR) is 85.0 cm³/mol. The lowest BCUT2D eigenvalue weighted by Crippen LogP contribution is -2.37. The summed E-state index contributed by atoms with van der Waals surface area (Å²) in [5.74, 6) is 0.227. The van der Waals surface area contributed by atoms with Crippen LogP contribution in [0.2, 0.25) is 0 Å². The summed E-state index contributed by atoms with van der Waals surface area (Å²) in [6.07, 6.45) is 4.18. The normalized spacial score (nSPS) is 21.0. The number of carbonyl (C=O) groups is 1. The van der Waals surface area contributed by atoms with Crippen molar-refractivity contribution in [1.29, 1.82) is 0 Å². The second-order valence-electron chi connectivity index (χ2n) is 6.06. The van der Waals surface area contributed by atoms with Crippen LogP contribution in [0, 0.1) is 11.7 Å². The van der Waals surface area contributed by atoms with Crippen LogP contribution < -0.4 is 10.6 Å². The van der Waals surface area contributed by atoms with Gasteiger partial charge in [0.2, 0.25) is 0 Å². The Hall–Kier alpha value is -2.44. The van der Waals surface area contributed by atoms with Gasteiger partial charge in [0, 0.05) is 6.04 Å². The molecule has 0 radical (unpaired) electrons. The molecule has 0 spiro atoms. The fourth-order valence-corrected chi connectivity index (χ4v) is 2.82. The van der Waals surface area contributed by atoms with Gasteiger partial charge in [0.15, 0.2) is 11.5 Å². The summed E-state index contributed by atoms with van der Waals surface area (Å²) in [4.78, 5) is 12.4. The molecule has 1 fully saturated rings. The minimum absolute atomic E-state index is 0.145. The first-order chi connectivity index (χ1) is 11.1. The van der Waals surface area contributed by atoms with Gasteiger partial charge < -0.3 is 10.6 Å². The highest BCUT2D eigenvalue weighted by atomic mass is 19.1. The van der Waals surface area contributed by atoms with Crippen molar-refractivity contribution in [3.05, 3.63) is 35.8 Å². The van der Waals surface area contributed by atoms with Crippen LogP contribution in [-0.4, -0.2) is 27.4 Å². The summed E-state index contributed by atoms with van der Waals surface area (Å²) < 4.78 is 13.7. The number of anilines is 2. The molecule has 23 heavy (non-hydrogen) atoms. The Bertz CT molecular complexity index is 679. The smallest absolute Gasteiger partial charge is 0.275 e. The molecule has 2 aromatic rings. The number of amides is 1. The first-order valence-corrected chi connectivity index (χ1v) is 7.86. The van der Waals surface area contributed by atoms with Gasteiger partial charge in [-0.3, -0.25) is 4.79 Å². The van der Waals surface area contributed by atoms with Gasteiger partial charge in [0.05, 0.1) is 5.69 Å². The van der Waals surface area contributed by atoms with Gasteiger partial charge >= 0.3 is 0 Å². The third kappa shape index (κ3) is 3.67. The number of aromatic nitrogens is 3. The van der Waals surface area contributed by atoms with E-state index in [2.05, 4.69) is 33.0 Å². The zero-order chi connectivity index (χ0) is 16.2. The summed E-state index contributed by atoms with van der Waals surface area (Å²) >= 11 is 0. The van der Waals surface area contributed by atoms with Crippen LogP contribution in [-0.2, 0) is 0 Å². The fourth-order valence-electron chi connectivity index (χ4n) is 2.82. The van der Waals surface area contributed by atoms with Crippen LogP contribution in [0.5, 0.6) is 0 Å². The maximum Gasteiger partial charge on any atom is 0.275 e. The standard InChI is InChI=1S/C16H20FN5O/c1-10-6-8-11(9-7-10)18-16(23)14-15(21-22-20-14)19-13-5-3-2-4-12(13)17/h2-5,10-11H,6-9H2,1H3,(H,18,23)(H2,19,20,21,22). The quantitative estimate of drug-likeness (QED) is 0.809. The number of halogens is 1. The van der Waals surface area contributed by atoms with Gasteiger partial charge in [-0.25, -0.2) is 4.39 Å². The van der Waals surface area contributed by atoms with Crippen LogP contribution in [0.4, 0.5) is 15.9 Å². The number of hydrogen-bond acceptors (Lipinski definition) is 4. The molecule has 1 aliphatic rings. The highest BCUT2D eigenvalue weighted by Gasteiger charge is 2.23. The van der Waals surface area contributed by atoms with Gasteiger partial charge in [0.25, 0.3) is 5.91 Å². The molecule has 1 aromatic heterocycles. The Morgan fingerprint density at radius 3 is 2.70 bits per heavy atom. The van der Waals surface area contributed by atoms with Crippen molar-refractivity contribution in [3.63, 3.8) is 0 Å². The van der Waals surface area contributed by atoms with Crippen molar-refractivity contribution < 1.29 is 9.18 Å². The first kappa shape index (κ1) is 15.5. The molecular formula is C16H20FN5O. The molecule has 3 rings (SSSR count). The third-order valence-electron chi connectivity index (χ3n) is 4.24. The molecule has 1 aromatic carbocycles. The van der Waals surface area contributed by atoms with Crippen LogP contribution >= 0.6 is 0 Å². The Balaban J connectivity index is 1.68. The van der Waals surface area contributed by atoms with E-state index in [-0.39, 0.29) is 29.1 Å². The maximum atomic E-state index is 13.7. The van der Waals surface area contributed by atoms with E-state index < -0.39 is 5.82 Å². The fraction of sp³-hybridized carbons (Fsp3) is 0.438. The number of nitrogens with one attached hydrogen (secondary N) is 3. The van der Waals surface area contributed by atoms with Crippen LogP contribution in [0.1, 0.15) is 43.1 Å². The molecule has 0 atom stereocenters. The average Bonchev–Trinajstić information content (AvgIpc) is 3.00. The molecule has 7 heteroatoms. The number of carbonyl (C=O) groups excluding carboxylic acids is 1. The molecule has 1 saturated carbocycles. The SMILES string of the molecule is CC1CCC(NC(=O)c2n[nH]nc2Nc2ccccc2F)CC1. The molecule has 0 unspecified atom stereocenters. The lowest BCUT2D eigenvalue weighted by atomic mass is 9.87. The molecule has 1 amide bonds. The Kier molecular flexibility index (Phi) is 4.55. The predicted octanol–water partition coefficient (Wildman–Crippen LogP) is 3.00. The van der Waals surface area contributed by atoms with Crippen molar-refractivity contribution >= 4 is 17.4 Å². The topological polar surface area (TPSA) is 82.7 Å². The summed E-state index contributed by atoms with van der Waals surface area (Å²) in [5.41, 5.74) is 0.397. The van der Waals surface area contributed by atoms with Gasteiger partial charge in [-0.1, -0.05) is 19.1 Å². The van der Waals surface area contributed by atoms with E-state index in [1.165, 1.54) is 6.07 Å². The van der Waals surface area contributed by atoms with E-state index >= 15 is 0 Å². The van der Waals surface area contributed by atoms with Crippen molar-refractivity contribution in [2.75, 3.05) is 5.32 Å². The number of benzene rings is 1. The van der Waals surface area contributed by atoms with E-state index in [1.807, 2.05) is 0 Å². The van der Waals surface area contributed by atoms with Crippen molar-refractivity contribution in [3.8, 4) is 0 Å². The average molecular weight is 317 g/mol. The van der Waals surface area contributed by atoms with Gasteiger partial charge in [-0.2, -0.15) is 5.21 Å². The van der Waals surface area contributed by atoms with Gasteiger partial charge in [-0.15, -0.1) is 10.2 Å². The zero-order valence-electron chi connectivity index (χ0n) is 13.0. The molecule has 1 heterocycles. The highest BCUT2D eigenvalue weighted by molar-refractivity contribution is 5.97. The molecule has 3 N–H and O–H groups in total. The van der Waals surface area contributed by atoms with Gasteiger partial charge in [-0.05, 0) is 43.7 Å². The Morgan fingerprint density at radius 1 is 1.22 bits per heavy atom.